The molecule has 3 saturated carbocycles. The zero-order valence-corrected chi connectivity index (χ0v) is 18.8. The van der Waals surface area contributed by atoms with E-state index in [4.69, 9.17) is 0 Å². The third-order valence-electron chi connectivity index (χ3n) is 9.08. The second-order valence-corrected chi connectivity index (χ2v) is 12.6. The highest BCUT2D eigenvalue weighted by Gasteiger charge is 2.60. The van der Waals surface area contributed by atoms with Gasteiger partial charge >= 0.3 is 0 Å². The lowest BCUT2D eigenvalue weighted by atomic mass is 9.40. The molecule has 158 valence electrons. The summed E-state index contributed by atoms with van der Waals surface area (Å²) >= 11 is 0. The van der Waals surface area contributed by atoms with Crippen molar-refractivity contribution in [2.45, 2.75) is 72.6 Å². The molecule has 0 saturated heterocycles. The summed E-state index contributed by atoms with van der Waals surface area (Å²) < 4.78 is 33.0. The molecular formula is C23H37NO3S. The fraction of sp³-hybridized carbons (Fsp3) is 0.826. The third-order valence-corrected chi connectivity index (χ3v) is 9.78. The fourth-order valence-electron chi connectivity index (χ4n) is 7.90. The monoisotopic (exact) mass is 407 g/mol. The minimum Gasteiger partial charge on any atom is -0.748 e. The molecule has 1 N–H and O–H groups in total. The topological polar surface area (TPSA) is 61.6 Å². The van der Waals surface area contributed by atoms with Gasteiger partial charge in [0.25, 0.3) is 0 Å². The van der Waals surface area contributed by atoms with Crippen molar-refractivity contribution < 1.29 is 17.9 Å². The van der Waals surface area contributed by atoms with Gasteiger partial charge in [-0.15, -0.1) is 0 Å². The van der Waals surface area contributed by atoms with Crippen molar-refractivity contribution in [2.24, 2.45) is 28.1 Å². The largest absolute Gasteiger partial charge is 0.748 e. The molecule has 0 spiro atoms. The summed E-state index contributed by atoms with van der Waals surface area (Å²) in [5.74, 6) is 1.29. The van der Waals surface area contributed by atoms with Crippen molar-refractivity contribution in [1.29, 1.82) is 0 Å². The number of hydrogen-bond acceptors (Lipinski definition) is 3. The Morgan fingerprint density at radius 1 is 1.11 bits per heavy atom. The van der Waals surface area contributed by atoms with Crippen LogP contribution >= 0.6 is 0 Å². The highest BCUT2D eigenvalue weighted by Crippen LogP contribution is 2.68. The summed E-state index contributed by atoms with van der Waals surface area (Å²) in [5.41, 5.74) is 4.09. The molecule has 4 rings (SSSR count). The van der Waals surface area contributed by atoms with Gasteiger partial charge < -0.3 is 9.45 Å². The second-order valence-electron chi connectivity index (χ2n) is 11.1. The predicted molar refractivity (Wildman–Crippen MR) is 111 cm³/mol. The van der Waals surface area contributed by atoms with Gasteiger partial charge in [0.1, 0.15) is 16.7 Å². The van der Waals surface area contributed by atoms with Gasteiger partial charge in [-0.05, 0) is 78.3 Å². The van der Waals surface area contributed by atoms with Crippen molar-refractivity contribution in [2.75, 3.05) is 18.8 Å². The summed E-state index contributed by atoms with van der Waals surface area (Å²) in [7, 11) is -4.14. The Morgan fingerprint density at radius 2 is 1.86 bits per heavy atom. The summed E-state index contributed by atoms with van der Waals surface area (Å²) in [6, 6.07) is 0. The molecule has 1 heterocycles. The molecule has 3 fully saturated rings. The Labute approximate surface area is 171 Å². The zero-order valence-electron chi connectivity index (χ0n) is 18.0. The zero-order chi connectivity index (χ0) is 20.4. The van der Waals surface area contributed by atoms with Gasteiger partial charge in [-0.1, -0.05) is 34.1 Å². The quantitative estimate of drug-likeness (QED) is 0.730. The molecule has 3 aliphatic carbocycles. The Bertz CT molecular complexity index is 812. The van der Waals surface area contributed by atoms with Crippen LogP contribution in [-0.2, 0) is 10.1 Å². The van der Waals surface area contributed by atoms with Crippen molar-refractivity contribution >= 4 is 10.1 Å². The summed E-state index contributed by atoms with van der Waals surface area (Å²) in [5, 5.41) is 0. The molecule has 0 aromatic heterocycles. The molecule has 4 nitrogen and oxygen atoms in total. The lowest BCUT2D eigenvalue weighted by molar-refractivity contribution is -0.839. The molecular weight excluding hydrogens is 370 g/mol. The summed E-state index contributed by atoms with van der Waals surface area (Å²) in [4.78, 5) is 1.11. The van der Waals surface area contributed by atoms with E-state index < -0.39 is 10.1 Å². The van der Waals surface area contributed by atoms with E-state index in [9.17, 15) is 13.0 Å². The normalized spacial score (nSPS) is 42.5. The van der Waals surface area contributed by atoms with Crippen molar-refractivity contribution in [1.82, 2.24) is 0 Å². The second kappa shape index (κ2) is 6.68. The van der Waals surface area contributed by atoms with Crippen molar-refractivity contribution in [3.63, 3.8) is 0 Å². The maximum atomic E-state index is 11.0. The SMILES string of the molecule is CC1(C)CCCC2(C)C1CCC1(C)C3=CC[NH+](CCS(=O)(=O)[O-])C=C3CCC12. The van der Waals surface area contributed by atoms with E-state index in [-0.39, 0.29) is 11.2 Å². The summed E-state index contributed by atoms with van der Waals surface area (Å²) in [6.45, 7) is 11.3. The van der Waals surface area contributed by atoms with Gasteiger partial charge in [0.05, 0.1) is 18.5 Å². The van der Waals surface area contributed by atoms with Crippen molar-refractivity contribution in [3.05, 3.63) is 23.4 Å². The average Bonchev–Trinajstić information content (AvgIpc) is 2.58. The molecule has 0 bridgehead atoms. The van der Waals surface area contributed by atoms with Crippen LogP contribution in [0.5, 0.6) is 0 Å². The van der Waals surface area contributed by atoms with Gasteiger partial charge in [0, 0.05) is 5.57 Å². The molecule has 0 radical (unpaired) electrons. The first-order valence-electron chi connectivity index (χ1n) is 11.2. The minimum atomic E-state index is -4.14. The highest BCUT2D eigenvalue weighted by molar-refractivity contribution is 7.85. The third kappa shape index (κ3) is 3.31. The van der Waals surface area contributed by atoms with Gasteiger partial charge in [0.15, 0.2) is 0 Å². The molecule has 5 unspecified atom stereocenters. The van der Waals surface area contributed by atoms with Gasteiger partial charge in [-0.2, -0.15) is 0 Å². The maximum Gasteiger partial charge on any atom is 0.101 e. The van der Waals surface area contributed by atoms with Gasteiger partial charge in [-0.25, -0.2) is 8.42 Å². The van der Waals surface area contributed by atoms with Crippen LogP contribution in [0.4, 0.5) is 0 Å². The standard InChI is InChI=1S/C23H37NO3S/c1-21(2)10-5-11-23(4)19(21)8-12-22(3)18-9-13-24(14-15-28(25,26)27)16-17(18)6-7-20(22)23/h9,16,19-20H,5-8,10-15H2,1-4H3,(H,25,26,27). The van der Waals surface area contributed by atoms with Crippen LogP contribution in [0.25, 0.3) is 0 Å². The first-order chi connectivity index (χ1) is 13.0. The van der Waals surface area contributed by atoms with Crippen LogP contribution < -0.4 is 4.90 Å². The number of nitrogens with one attached hydrogen (secondary N) is 1. The fourth-order valence-corrected chi connectivity index (χ4v) is 8.42. The van der Waals surface area contributed by atoms with Crippen LogP contribution in [0.2, 0.25) is 0 Å². The van der Waals surface area contributed by atoms with Crippen LogP contribution in [0.3, 0.4) is 0 Å². The Kier molecular flexibility index (Phi) is 4.92. The van der Waals surface area contributed by atoms with E-state index in [2.05, 4.69) is 40.0 Å². The lowest BCUT2D eigenvalue weighted by Gasteiger charge is -2.64. The van der Waals surface area contributed by atoms with Gasteiger partial charge in [-0.3, -0.25) is 0 Å². The molecule has 28 heavy (non-hydrogen) atoms. The Hall–Kier alpha value is -0.650. The molecule has 4 aliphatic rings. The van der Waals surface area contributed by atoms with Crippen LogP contribution in [0.1, 0.15) is 72.6 Å². The molecule has 0 aromatic carbocycles. The summed E-state index contributed by atoms with van der Waals surface area (Å²) in [6.07, 6.45) is 13.7. The van der Waals surface area contributed by atoms with Gasteiger partial charge in [0.2, 0.25) is 0 Å². The van der Waals surface area contributed by atoms with E-state index in [1.54, 1.807) is 5.57 Å². The van der Waals surface area contributed by atoms with Crippen LogP contribution in [-0.4, -0.2) is 31.8 Å². The van der Waals surface area contributed by atoms with E-state index in [0.717, 1.165) is 29.7 Å². The lowest BCUT2D eigenvalue weighted by Crippen LogP contribution is -3.08. The number of quaternary nitrogens is 1. The molecule has 1 aliphatic heterocycles. The van der Waals surface area contributed by atoms with Crippen LogP contribution in [0.15, 0.2) is 23.4 Å². The Balaban J connectivity index is 1.59. The smallest absolute Gasteiger partial charge is 0.101 e. The molecule has 5 heteroatoms. The number of allylic oxidation sites excluding steroid dienone is 2. The number of fused-ring (bicyclic) bond motifs is 5. The molecule has 0 amide bonds. The predicted octanol–water partition coefficient (Wildman–Crippen LogP) is 3.28. The first kappa shape index (κ1) is 20.6. The number of hydrogen-bond donors (Lipinski definition) is 1. The molecule has 0 aromatic rings. The Morgan fingerprint density at radius 3 is 2.57 bits per heavy atom. The maximum absolute atomic E-state index is 11.0. The van der Waals surface area contributed by atoms with Crippen molar-refractivity contribution in [3.8, 4) is 0 Å². The minimum absolute atomic E-state index is 0.249. The average molecular weight is 408 g/mol. The first-order valence-corrected chi connectivity index (χ1v) is 12.7. The van der Waals surface area contributed by atoms with E-state index in [1.807, 2.05) is 0 Å². The molecule has 5 atom stereocenters. The highest BCUT2D eigenvalue weighted by atomic mass is 32.2. The van der Waals surface area contributed by atoms with Crippen LogP contribution in [0, 0.1) is 28.1 Å². The van der Waals surface area contributed by atoms with E-state index in [1.165, 1.54) is 44.1 Å². The van der Waals surface area contributed by atoms with E-state index >= 15 is 0 Å². The number of rotatable bonds is 3. The van der Waals surface area contributed by atoms with E-state index in [0.29, 0.717) is 17.4 Å².